The zero-order chi connectivity index (χ0) is 13.8. The van der Waals surface area contributed by atoms with Gasteiger partial charge in [-0.2, -0.15) is 0 Å². The van der Waals surface area contributed by atoms with E-state index in [2.05, 4.69) is 11.9 Å². The topological polar surface area (TPSA) is 29.3 Å². The lowest BCUT2D eigenvalue weighted by atomic mass is 9.91. The molecule has 4 heteroatoms. The number of alkyl halides is 2. The third-order valence-electron chi connectivity index (χ3n) is 4.00. The normalized spacial score (nSPS) is 24.1. The van der Waals surface area contributed by atoms with Gasteiger partial charge in [0, 0.05) is 24.2 Å². The molecule has 2 N–H and O–H groups in total. The van der Waals surface area contributed by atoms with Crippen molar-refractivity contribution in [1.29, 1.82) is 0 Å². The van der Waals surface area contributed by atoms with Crippen LogP contribution in [0.4, 0.5) is 8.78 Å². The van der Waals surface area contributed by atoms with Gasteiger partial charge in [-0.25, -0.2) is 8.78 Å². The van der Waals surface area contributed by atoms with Crippen LogP contribution < -0.4 is 5.73 Å². The molecule has 0 spiro atoms. The van der Waals surface area contributed by atoms with Crippen molar-refractivity contribution in [1.82, 2.24) is 4.90 Å². The number of rotatable bonds is 4. The highest BCUT2D eigenvalue weighted by Crippen LogP contribution is 2.24. The first-order chi connectivity index (χ1) is 9.06. The van der Waals surface area contributed by atoms with Gasteiger partial charge in [-0.1, -0.05) is 18.2 Å². The third kappa shape index (κ3) is 3.98. The first-order valence-electron chi connectivity index (χ1n) is 6.89. The predicted octanol–water partition coefficient (Wildman–Crippen LogP) is 3.33. The van der Waals surface area contributed by atoms with E-state index in [-0.39, 0.29) is 5.56 Å². The van der Waals surface area contributed by atoms with E-state index in [4.69, 9.17) is 5.73 Å². The maximum Gasteiger partial charge on any atom is 0.263 e. The fourth-order valence-electron chi connectivity index (χ4n) is 2.79. The summed E-state index contributed by atoms with van der Waals surface area (Å²) in [6.07, 6.45) is 1.94. The van der Waals surface area contributed by atoms with Crippen LogP contribution >= 0.6 is 0 Å². The van der Waals surface area contributed by atoms with Gasteiger partial charge >= 0.3 is 0 Å². The van der Waals surface area contributed by atoms with Crippen LogP contribution in [0.15, 0.2) is 24.3 Å². The summed E-state index contributed by atoms with van der Waals surface area (Å²) in [5, 5.41) is 0. The molecule has 0 radical (unpaired) electrons. The summed E-state index contributed by atoms with van der Waals surface area (Å²) in [4.78, 5) is 2.26. The van der Waals surface area contributed by atoms with Crippen LogP contribution in [0.5, 0.6) is 0 Å². The molecular weight excluding hydrogens is 246 g/mol. The SMILES string of the molecule is CN(Cc1cccc(C(F)F)c1)C1CCC(N)CC1. The molecule has 0 saturated heterocycles. The largest absolute Gasteiger partial charge is 0.328 e. The minimum atomic E-state index is -2.39. The van der Waals surface area contributed by atoms with E-state index in [0.29, 0.717) is 12.1 Å². The van der Waals surface area contributed by atoms with E-state index in [1.54, 1.807) is 12.1 Å². The molecule has 2 rings (SSSR count). The smallest absolute Gasteiger partial charge is 0.263 e. The molecule has 0 aromatic heterocycles. The van der Waals surface area contributed by atoms with Gasteiger partial charge in [0.25, 0.3) is 6.43 Å². The van der Waals surface area contributed by atoms with Gasteiger partial charge in [-0.3, -0.25) is 4.90 Å². The average Bonchev–Trinajstić information content (AvgIpc) is 2.39. The molecule has 1 aromatic carbocycles. The van der Waals surface area contributed by atoms with Crippen molar-refractivity contribution in [3.8, 4) is 0 Å². The van der Waals surface area contributed by atoms with Crippen LogP contribution in [0.3, 0.4) is 0 Å². The Morgan fingerprint density at radius 1 is 1.26 bits per heavy atom. The number of nitrogens with two attached hydrogens (primary N) is 1. The molecule has 1 aromatic rings. The standard InChI is InChI=1S/C15H22F2N2/c1-19(14-7-5-13(18)6-8-14)10-11-3-2-4-12(9-11)15(16)17/h2-4,9,13-15H,5-8,10,18H2,1H3. The van der Waals surface area contributed by atoms with Crippen molar-refractivity contribution in [2.75, 3.05) is 7.05 Å². The molecule has 1 fully saturated rings. The van der Waals surface area contributed by atoms with Gasteiger partial charge in [0.15, 0.2) is 0 Å². The van der Waals surface area contributed by atoms with Crippen molar-refractivity contribution in [3.63, 3.8) is 0 Å². The quantitative estimate of drug-likeness (QED) is 0.907. The van der Waals surface area contributed by atoms with Gasteiger partial charge in [-0.15, -0.1) is 0 Å². The number of hydrogen-bond acceptors (Lipinski definition) is 2. The van der Waals surface area contributed by atoms with E-state index < -0.39 is 6.43 Å². The second-order valence-corrected chi connectivity index (χ2v) is 5.53. The lowest BCUT2D eigenvalue weighted by molar-refractivity contribution is 0.150. The van der Waals surface area contributed by atoms with Crippen molar-refractivity contribution < 1.29 is 8.78 Å². The molecule has 0 atom stereocenters. The molecule has 19 heavy (non-hydrogen) atoms. The molecule has 1 aliphatic rings. The van der Waals surface area contributed by atoms with Crippen molar-refractivity contribution >= 4 is 0 Å². The monoisotopic (exact) mass is 268 g/mol. The summed E-state index contributed by atoms with van der Waals surface area (Å²) in [5.41, 5.74) is 6.96. The lowest BCUT2D eigenvalue weighted by Crippen LogP contribution is -2.38. The summed E-state index contributed by atoms with van der Waals surface area (Å²) in [6, 6.07) is 7.57. The Kier molecular flexibility index (Phi) is 4.88. The summed E-state index contributed by atoms with van der Waals surface area (Å²) in [5.74, 6) is 0. The Labute approximate surface area is 113 Å². The Morgan fingerprint density at radius 2 is 1.95 bits per heavy atom. The van der Waals surface area contributed by atoms with Crippen molar-refractivity contribution in [2.45, 2.75) is 50.7 Å². The number of benzene rings is 1. The molecule has 0 aliphatic heterocycles. The highest BCUT2D eigenvalue weighted by molar-refractivity contribution is 5.24. The number of halogens is 2. The number of nitrogens with zero attached hydrogens (tertiary/aromatic N) is 1. The molecule has 0 amide bonds. The predicted molar refractivity (Wildman–Crippen MR) is 73.1 cm³/mol. The highest BCUT2D eigenvalue weighted by Gasteiger charge is 2.22. The van der Waals surface area contributed by atoms with E-state index in [0.717, 1.165) is 37.8 Å². The minimum Gasteiger partial charge on any atom is -0.328 e. The maximum atomic E-state index is 12.7. The molecule has 0 unspecified atom stereocenters. The summed E-state index contributed by atoms with van der Waals surface area (Å²) < 4.78 is 25.3. The van der Waals surface area contributed by atoms with E-state index >= 15 is 0 Å². The third-order valence-corrected chi connectivity index (χ3v) is 4.00. The van der Waals surface area contributed by atoms with E-state index in [1.807, 2.05) is 6.07 Å². The Morgan fingerprint density at radius 3 is 2.58 bits per heavy atom. The molecule has 106 valence electrons. The van der Waals surface area contributed by atoms with Crippen LogP contribution in [0.1, 0.15) is 43.2 Å². The van der Waals surface area contributed by atoms with Crippen LogP contribution in [0.2, 0.25) is 0 Å². The van der Waals surface area contributed by atoms with Crippen LogP contribution in [0, 0.1) is 0 Å². The summed E-state index contributed by atoms with van der Waals surface area (Å²) in [7, 11) is 2.07. The molecule has 1 saturated carbocycles. The lowest BCUT2D eigenvalue weighted by Gasteiger charge is -2.33. The molecule has 0 bridgehead atoms. The van der Waals surface area contributed by atoms with Crippen LogP contribution in [0.25, 0.3) is 0 Å². The van der Waals surface area contributed by atoms with Crippen LogP contribution in [-0.4, -0.2) is 24.0 Å². The van der Waals surface area contributed by atoms with Crippen LogP contribution in [-0.2, 0) is 6.54 Å². The Balaban J connectivity index is 1.94. The van der Waals surface area contributed by atoms with Gasteiger partial charge in [0.1, 0.15) is 0 Å². The average molecular weight is 268 g/mol. The van der Waals surface area contributed by atoms with Gasteiger partial charge in [0.2, 0.25) is 0 Å². The molecule has 1 aliphatic carbocycles. The fourth-order valence-corrected chi connectivity index (χ4v) is 2.79. The minimum absolute atomic E-state index is 0.108. The van der Waals surface area contributed by atoms with Gasteiger partial charge in [-0.05, 0) is 44.4 Å². The first-order valence-corrected chi connectivity index (χ1v) is 6.89. The van der Waals surface area contributed by atoms with Gasteiger partial charge in [0.05, 0.1) is 0 Å². The second-order valence-electron chi connectivity index (χ2n) is 5.53. The van der Waals surface area contributed by atoms with E-state index in [1.165, 1.54) is 6.07 Å². The number of hydrogen-bond donors (Lipinski definition) is 1. The Bertz CT molecular complexity index is 401. The zero-order valence-electron chi connectivity index (χ0n) is 11.4. The fraction of sp³-hybridized carbons (Fsp3) is 0.600. The first kappa shape index (κ1) is 14.4. The maximum absolute atomic E-state index is 12.7. The van der Waals surface area contributed by atoms with Crippen molar-refractivity contribution in [2.24, 2.45) is 5.73 Å². The molecule has 0 heterocycles. The summed E-state index contributed by atoms with van der Waals surface area (Å²) >= 11 is 0. The second kappa shape index (κ2) is 6.44. The van der Waals surface area contributed by atoms with E-state index in [9.17, 15) is 8.78 Å². The highest BCUT2D eigenvalue weighted by atomic mass is 19.3. The van der Waals surface area contributed by atoms with Gasteiger partial charge < -0.3 is 5.73 Å². The molecular formula is C15H22F2N2. The summed E-state index contributed by atoms with van der Waals surface area (Å²) in [6.45, 7) is 0.723. The zero-order valence-corrected chi connectivity index (χ0v) is 11.4. The van der Waals surface area contributed by atoms with Crippen molar-refractivity contribution in [3.05, 3.63) is 35.4 Å². The molecule has 2 nitrogen and oxygen atoms in total. The Hall–Kier alpha value is -1.00.